The van der Waals surface area contributed by atoms with Crippen LogP contribution in [-0.4, -0.2) is 45.6 Å². The van der Waals surface area contributed by atoms with E-state index in [9.17, 15) is 18.0 Å². The lowest BCUT2D eigenvalue weighted by Crippen LogP contribution is -2.40. The number of hydrogen-bond donors (Lipinski definition) is 2. The molecule has 0 saturated heterocycles. The van der Waals surface area contributed by atoms with Crippen molar-refractivity contribution < 1.29 is 22.7 Å². The van der Waals surface area contributed by atoms with Gasteiger partial charge in [0.2, 0.25) is 0 Å². The first kappa shape index (κ1) is 29.4. The van der Waals surface area contributed by atoms with Crippen molar-refractivity contribution >= 4 is 33.7 Å². The molecule has 0 aromatic heterocycles. The number of rotatable bonds is 12. The highest BCUT2D eigenvalue weighted by Gasteiger charge is 2.28. The summed E-state index contributed by atoms with van der Waals surface area (Å²) in [7, 11) is -4.02. The van der Waals surface area contributed by atoms with Crippen molar-refractivity contribution in [1.29, 1.82) is 0 Å². The summed E-state index contributed by atoms with van der Waals surface area (Å²) < 4.78 is 33.8. The molecule has 0 heterocycles. The normalized spacial score (nSPS) is 11.4. The third kappa shape index (κ3) is 8.41. The van der Waals surface area contributed by atoms with E-state index < -0.39 is 22.5 Å². The Hall–Kier alpha value is -4.18. The Morgan fingerprint density at radius 3 is 2.28 bits per heavy atom. The van der Waals surface area contributed by atoms with Crippen LogP contribution < -0.4 is 19.8 Å². The summed E-state index contributed by atoms with van der Waals surface area (Å²) in [6.07, 6.45) is 2.03. The Balaban J connectivity index is 1.70. The standard InChI is InChI=1S/C29H34N4O5S/c1-5-24-8-6-7-9-27(24)33(39(36,37)26-16-10-22(4)11-17-26)19-28(34)32-30-18-23-12-14-25(15-13-23)38-20-29(35)31-21(2)3/h6-18,21H,5,19-20H2,1-4H3,(H,31,35)(H,32,34)/b30-18-. The largest absolute Gasteiger partial charge is 0.484 e. The Morgan fingerprint density at radius 1 is 0.974 bits per heavy atom. The van der Waals surface area contributed by atoms with Crippen molar-refractivity contribution in [2.45, 2.75) is 45.1 Å². The molecule has 0 aliphatic carbocycles. The third-order valence-corrected chi connectivity index (χ3v) is 7.41. The predicted octanol–water partition coefficient (Wildman–Crippen LogP) is 3.81. The van der Waals surface area contributed by atoms with Gasteiger partial charge in [0.1, 0.15) is 12.3 Å². The molecule has 9 nitrogen and oxygen atoms in total. The Morgan fingerprint density at radius 2 is 1.64 bits per heavy atom. The molecule has 206 valence electrons. The lowest BCUT2D eigenvalue weighted by molar-refractivity contribution is -0.123. The predicted molar refractivity (Wildman–Crippen MR) is 152 cm³/mol. The average molecular weight is 551 g/mol. The van der Waals surface area contributed by atoms with Crippen molar-refractivity contribution in [3.63, 3.8) is 0 Å². The summed E-state index contributed by atoms with van der Waals surface area (Å²) in [5, 5.41) is 6.73. The topological polar surface area (TPSA) is 117 Å². The number of benzene rings is 3. The molecule has 3 rings (SSSR count). The number of aryl methyl sites for hydroxylation is 2. The number of ether oxygens (including phenoxy) is 1. The van der Waals surface area contributed by atoms with Crippen LogP contribution in [0, 0.1) is 6.92 Å². The average Bonchev–Trinajstić information content (AvgIpc) is 2.91. The SMILES string of the molecule is CCc1ccccc1N(CC(=O)N/N=C\c1ccc(OCC(=O)NC(C)C)cc1)S(=O)(=O)c1ccc(C)cc1. The van der Waals surface area contributed by atoms with Gasteiger partial charge in [0.15, 0.2) is 6.61 Å². The van der Waals surface area contributed by atoms with Crippen molar-refractivity contribution in [2.24, 2.45) is 5.10 Å². The minimum atomic E-state index is -4.02. The first-order valence-electron chi connectivity index (χ1n) is 12.6. The van der Waals surface area contributed by atoms with Crippen LogP contribution in [0.4, 0.5) is 5.69 Å². The number of carbonyl (C=O) groups is 2. The second-order valence-electron chi connectivity index (χ2n) is 9.18. The number of anilines is 1. The van der Waals surface area contributed by atoms with Crippen LogP contribution in [0.25, 0.3) is 0 Å². The Kier molecular flexibility index (Phi) is 10.2. The van der Waals surface area contributed by atoms with Crippen molar-refractivity contribution in [3.8, 4) is 5.75 Å². The molecule has 3 aromatic rings. The number of para-hydroxylation sites is 1. The summed E-state index contributed by atoms with van der Waals surface area (Å²) >= 11 is 0. The van der Waals surface area contributed by atoms with Gasteiger partial charge in [-0.3, -0.25) is 13.9 Å². The number of hydrazone groups is 1. The number of hydrogen-bond acceptors (Lipinski definition) is 6. The van der Waals surface area contributed by atoms with Gasteiger partial charge in [-0.15, -0.1) is 0 Å². The van der Waals surface area contributed by atoms with Crippen molar-refractivity contribution in [1.82, 2.24) is 10.7 Å². The van der Waals surface area contributed by atoms with E-state index in [1.54, 1.807) is 48.5 Å². The Labute approximate surface area is 229 Å². The van der Waals surface area contributed by atoms with Gasteiger partial charge >= 0.3 is 0 Å². The molecule has 0 atom stereocenters. The number of sulfonamides is 1. The molecule has 0 fully saturated rings. The van der Waals surface area contributed by atoms with Gasteiger partial charge in [0.05, 0.1) is 16.8 Å². The van der Waals surface area contributed by atoms with Crippen molar-refractivity contribution in [3.05, 3.63) is 89.5 Å². The van der Waals surface area contributed by atoms with Crippen LogP contribution in [-0.2, 0) is 26.0 Å². The van der Waals surface area contributed by atoms with Crippen LogP contribution in [0.1, 0.15) is 37.5 Å². The van der Waals surface area contributed by atoms with E-state index in [1.807, 2.05) is 39.8 Å². The van der Waals surface area contributed by atoms with Crippen LogP contribution >= 0.6 is 0 Å². The molecule has 3 aromatic carbocycles. The molecular weight excluding hydrogens is 516 g/mol. The molecule has 0 unspecified atom stereocenters. The molecule has 0 spiro atoms. The van der Waals surface area contributed by atoms with E-state index >= 15 is 0 Å². The van der Waals surface area contributed by atoms with E-state index in [0.717, 1.165) is 15.4 Å². The van der Waals surface area contributed by atoms with Crippen LogP contribution in [0.15, 0.2) is 82.8 Å². The fourth-order valence-electron chi connectivity index (χ4n) is 3.70. The molecular formula is C29H34N4O5S. The van der Waals surface area contributed by atoms with Gasteiger partial charge in [-0.1, -0.05) is 42.8 Å². The second kappa shape index (κ2) is 13.6. The zero-order valence-electron chi connectivity index (χ0n) is 22.5. The van der Waals surface area contributed by atoms with Crippen LogP contribution in [0.2, 0.25) is 0 Å². The van der Waals surface area contributed by atoms with Gasteiger partial charge in [0, 0.05) is 6.04 Å². The summed E-state index contributed by atoms with van der Waals surface area (Å²) in [5.74, 6) is -0.288. The second-order valence-corrected chi connectivity index (χ2v) is 11.0. The van der Waals surface area contributed by atoms with Gasteiger partial charge in [-0.2, -0.15) is 5.10 Å². The Bertz CT molecular complexity index is 1400. The molecule has 39 heavy (non-hydrogen) atoms. The molecule has 0 aliphatic heterocycles. The van der Waals surface area contributed by atoms with Gasteiger partial charge in [-0.25, -0.2) is 13.8 Å². The molecule has 0 bridgehead atoms. The smallest absolute Gasteiger partial charge is 0.264 e. The minimum absolute atomic E-state index is 0.0334. The molecule has 2 amide bonds. The van der Waals surface area contributed by atoms with E-state index in [0.29, 0.717) is 23.4 Å². The van der Waals surface area contributed by atoms with E-state index in [2.05, 4.69) is 15.8 Å². The molecule has 0 aliphatic rings. The van der Waals surface area contributed by atoms with Gasteiger partial charge in [-0.05, 0) is 80.8 Å². The first-order valence-corrected chi connectivity index (χ1v) is 14.1. The number of nitrogens with one attached hydrogen (secondary N) is 2. The first-order chi connectivity index (χ1) is 18.6. The third-order valence-electron chi connectivity index (χ3n) is 5.64. The number of carbonyl (C=O) groups excluding carboxylic acids is 2. The zero-order chi connectivity index (χ0) is 28.4. The highest BCUT2D eigenvalue weighted by atomic mass is 32.2. The van der Waals surface area contributed by atoms with E-state index in [1.165, 1.54) is 18.3 Å². The van der Waals surface area contributed by atoms with Gasteiger partial charge in [0.25, 0.3) is 21.8 Å². The maximum absolute atomic E-state index is 13.6. The molecule has 0 saturated carbocycles. The maximum atomic E-state index is 13.6. The van der Waals surface area contributed by atoms with Crippen LogP contribution in [0.5, 0.6) is 5.75 Å². The minimum Gasteiger partial charge on any atom is -0.484 e. The fraction of sp³-hybridized carbons (Fsp3) is 0.276. The summed E-state index contributed by atoms with van der Waals surface area (Å²) in [4.78, 5) is 24.7. The molecule has 0 radical (unpaired) electrons. The monoisotopic (exact) mass is 550 g/mol. The number of amides is 2. The lowest BCUT2D eigenvalue weighted by atomic mass is 10.1. The quantitative estimate of drug-likeness (QED) is 0.263. The highest BCUT2D eigenvalue weighted by Crippen LogP contribution is 2.27. The molecule has 2 N–H and O–H groups in total. The van der Waals surface area contributed by atoms with Crippen LogP contribution in [0.3, 0.4) is 0 Å². The summed E-state index contributed by atoms with van der Waals surface area (Å²) in [6.45, 7) is 7.00. The zero-order valence-corrected chi connectivity index (χ0v) is 23.4. The lowest BCUT2D eigenvalue weighted by Gasteiger charge is -2.25. The fourth-order valence-corrected chi connectivity index (χ4v) is 5.16. The summed E-state index contributed by atoms with van der Waals surface area (Å²) in [6, 6.07) is 20.5. The molecule has 10 heteroatoms. The van der Waals surface area contributed by atoms with Crippen molar-refractivity contribution in [2.75, 3.05) is 17.5 Å². The number of nitrogens with zero attached hydrogens (tertiary/aromatic N) is 2. The maximum Gasteiger partial charge on any atom is 0.264 e. The highest BCUT2D eigenvalue weighted by molar-refractivity contribution is 7.92. The van der Waals surface area contributed by atoms with E-state index in [-0.39, 0.29) is 23.5 Å². The van der Waals surface area contributed by atoms with Gasteiger partial charge < -0.3 is 10.1 Å². The summed E-state index contributed by atoms with van der Waals surface area (Å²) in [5.41, 5.74) is 5.26. The van der Waals surface area contributed by atoms with E-state index in [4.69, 9.17) is 4.74 Å².